The van der Waals surface area contributed by atoms with E-state index in [4.69, 9.17) is 0 Å². The van der Waals surface area contributed by atoms with Crippen molar-refractivity contribution in [1.29, 1.82) is 0 Å². The second kappa shape index (κ2) is 3.49. The molecule has 0 saturated carbocycles. The quantitative estimate of drug-likeness (QED) is 0.343. The van der Waals surface area contributed by atoms with E-state index in [0.29, 0.717) is 5.92 Å². The summed E-state index contributed by atoms with van der Waals surface area (Å²) >= 11 is 0. The molecule has 38 valence electrons. The number of rotatable bonds is 1. The van der Waals surface area contributed by atoms with Crippen LogP contribution >= 0.6 is 0 Å². The first-order valence-electron chi connectivity index (χ1n) is 2.36. The summed E-state index contributed by atoms with van der Waals surface area (Å²) < 4.78 is 0. The minimum Gasteiger partial charge on any atom is -0.106 e. The van der Waals surface area contributed by atoms with Gasteiger partial charge in [0.15, 0.2) is 0 Å². The van der Waals surface area contributed by atoms with Crippen LogP contribution in [0.5, 0.6) is 0 Å². The maximum absolute atomic E-state index is 3.58. The van der Waals surface area contributed by atoms with Crippen LogP contribution in [0.15, 0.2) is 12.7 Å². The van der Waals surface area contributed by atoms with Gasteiger partial charge in [-0.1, -0.05) is 12.0 Å². The Morgan fingerprint density at radius 1 is 1.71 bits per heavy atom. The maximum Gasteiger partial charge on any atom is 0.0351 e. The van der Waals surface area contributed by atoms with E-state index < -0.39 is 0 Å². The van der Waals surface area contributed by atoms with Gasteiger partial charge in [0.2, 0.25) is 0 Å². The van der Waals surface area contributed by atoms with Crippen molar-refractivity contribution in [3.05, 3.63) is 12.7 Å². The monoisotopic (exact) mass is 94.1 g/mol. The summed E-state index contributed by atoms with van der Waals surface area (Å²) in [6.45, 7) is 7.43. The van der Waals surface area contributed by atoms with E-state index in [-0.39, 0.29) is 0 Å². The van der Waals surface area contributed by atoms with Gasteiger partial charge in [-0.3, -0.25) is 0 Å². The van der Waals surface area contributed by atoms with E-state index in [0.717, 1.165) is 0 Å². The molecule has 0 aliphatic heterocycles. The zero-order valence-corrected chi connectivity index (χ0v) is 4.86. The van der Waals surface area contributed by atoms with Crippen molar-refractivity contribution >= 4 is 0 Å². The highest BCUT2D eigenvalue weighted by Crippen LogP contribution is 1.89. The Labute approximate surface area is 45.2 Å². The van der Waals surface area contributed by atoms with Gasteiger partial charge in [0.05, 0.1) is 0 Å². The fourth-order valence-electron chi connectivity index (χ4n) is 0.287. The molecule has 0 nitrogen and oxygen atoms in total. The van der Waals surface area contributed by atoms with Crippen molar-refractivity contribution in [2.75, 3.05) is 0 Å². The first-order valence-corrected chi connectivity index (χ1v) is 2.36. The van der Waals surface area contributed by atoms with Gasteiger partial charge in [-0.25, -0.2) is 0 Å². The topological polar surface area (TPSA) is 0 Å². The zero-order valence-electron chi connectivity index (χ0n) is 4.86. The van der Waals surface area contributed by atoms with Crippen LogP contribution in [0.2, 0.25) is 0 Å². The van der Waals surface area contributed by atoms with Crippen LogP contribution in [0.1, 0.15) is 13.8 Å². The van der Waals surface area contributed by atoms with Crippen LogP contribution in [0.25, 0.3) is 0 Å². The minimum absolute atomic E-state index is 0.352. The van der Waals surface area contributed by atoms with E-state index in [9.17, 15) is 0 Å². The van der Waals surface area contributed by atoms with Gasteiger partial charge < -0.3 is 0 Å². The van der Waals surface area contributed by atoms with E-state index in [1.54, 1.807) is 0 Å². The van der Waals surface area contributed by atoms with Gasteiger partial charge in [0.25, 0.3) is 0 Å². The highest BCUT2D eigenvalue weighted by Gasteiger charge is 1.80. The van der Waals surface area contributed by atoms with Crippen LogP contribution in [-0.4, -0.2) is 0 Å². The Bertz CT molecular complexity index is 101. The average molecular weight is 94.2 g/mol. The second-order valence-electron chi connectivity index (χ2n) is 1.42. The molecule has 0 aliphatic rings. The Morgan fingerprint density at radius 2 is 2.29 bits per heavy atom. The van der Waals surface area contributed by atoms with Crippen molar-refractivity contribution in [3.8, 4) is 11.8 Å². The molecule has 0 N–H and O–H groups in total. The Hall–Kier alpha value is -0.700. The standard InChI is InChI=1S/C7H10/c1-4-6-7(3)5-2/h5,7H,2H2,1,3H3. The molecule has 0 aromatic carbocycles. The highest BCUT2D eigenvalue weighted by atomic mass is 13.8. The predicted molar refractivity (Wildman–Crippen MR) is 32.8 cm³/mol. The molecule has 0 heteroatoms. The van der Waals surface area contributed by atoms with Crippen molar-refractivity contribution in [3.63, 3.8) is 0 Å². The van der Waals surface area contributed by atoms with Gasteiger partial charge in [0, 0.05) is 5.92 Å². The van der Waals surface area contributed by atoms with Crippen LogP contribution in [-0.2, 0) is 0 Å². The molecule has 0 spiro atoms. The largest absolute Gasteiger partial charge is 0.106 e. The Morgan fingerprint density at radius 3 is 2.43 bits per heavy atom. The Kier molecular flexibility index (Phi) is 3.14. The third-order valence-corrected chi connectivity index (χ3v) is 0.726. The van der Waals surface area contributed by atoms with E-state index in [1.807, 2.05) is 19.9 Å². The average Bonchev–Trinajstić information content (AvgIpc) is 1.68. The molecule has 1 atom stereocenters. The third kappa shape index (κ3) is 3.12. The van der Waals surface area contributed by atoms with Crippen LogP contribution in [0.4, 0.5) is 0 Å². The first kappa shape index (κ1) is 6.30. The molecule has 0 aromatic heterocycles. The minimum atomic E-state index is 0.352. The number of allylic oxidation sites excluding steroid dienone is 1. The van der Waals surface area contributed by atoms with Crippen LogP contribution in [0.3, 0.4) is 0 Å². The molecule has 0 fully saturated rings. The lowest BCUT2D eigenvalue weighted by atomic mass is 10.2. The molecule has 1 unspecified atom stereocenters. The first-order chi connectivity index (χ1) is 3.31. The molecule has 0 bridgehead atoms. The van der Waals surface area contributed by atoms with Gasteiger partial charge >= 0.3 is 0 Å². The summed E-state index contributed by atoms with van der Waals surface area (Å²) in [5.41, 5.74) is 0. The molecule has 0 rings (SSSR count). The maximum atomic E-state index is 3.58. The summed E-state index contributed by atoms with van der Waals surface area (Å²) in [5, 5.41) is 0. The lowest BCUT2D eigenvalue weighted by molar-refractivity contribution is 0.984. The normalized spacial score (nSPS) is 11.1. The SMILES string of the molecule is C=CC(C)C#CC. The van der Waals surface area contributed by atoms with E-state index in [2.05, 4.69) is 18.4 Å². The molecule has 0 heterocycles. The van der Waals surface area contributed by atoms with Gasteiger partial charge in [-0.05, 0) is 13.8 Å². The number of hydrogen-bond donors (Lipinski definition) is 0. The van der Waals surface area contributed by atoms with Crippen molar-refractivity contribution in [1.82, 2.24) is 0 Å². The Balaban J connectivity index is 3.49. The molecule has 0 saturated heterocycles. The summed E-state index contributed by atoms with van der Waals surface area (Å²) in [7, 11) is 0. The van der Waals surface area contributed by atoms with E-state index >= 15 is 0 Å². The van der Waals surface area contributed by atoms with Crippen LogP contribution in [0, 0.1) is 17.8 Å². The summed E-state index contributed by atoms with van der Waals surface area (Å²) in [6.07, 6.45) is 1.83. The van der Waals surface area contributed by atoms with Gasteiger partial charge in [-0.15, -0.1) is 12.5 Å². The van der Waals surface area contributed by atoms with Crippen molar-refractivity contribution < 1.29 is 0 Å². The molecule has 0 amide bonds. The predicted octanol–water partition coefficient (Wildman–Crippen LogP) is 1.83. The fourth-order valence-corrected chi connectivity index (χ4v) is 0.287. The molecular weight excluding hydrogens is 84.1 g/mol. The lowest BCUT2D eigenvalue weighted by Crippen LogP contribution is -1.78. The fraction of sp³-hybridized carbons (Fsp3) is 0.429. The molecule has 0 aliphatic carbocycles. The molecule has 0 aromatic rings. The number of hydrogen-bond acceptors (Lipinski definition) is 0. The third-order valence-electron chi connectivity index (χ3n) is 0.726. The lowest BCUT2D eigenvalue weighted by Gasteiger charge is -1.86. The zero-order chi connectivity index (χ0) is 5.70. The van der Waals surface area contributed by atoms with Crippen LogP contribution < -0.4 is 0 Å². The highest BCUT2D eigenvalue weighted by molar-refractivity contribution is 5.05. The van der Waals surface area contributed by atoms with Crippen molar-refractivity contribution in [2.24, 2.45) is 5.92 Å². The molecular formula is C7H10. The van der Waals surface area contributed by atoms with Gasteiger partial charge in [-0.2, -0.15) is 0 Å². The van der Waals surface area contributed by atoms with E-state index in [1.165, 1.54) is 0 Å². The second-order valence-corrected chi connectivity index (χ2v) is 1.42. The van der Waals surface area contributed by atoms with Gasteiger partial charge in [0.1, 0.15) is 0 Å². The summed E-state index contributed by atoms with van der Waals surface area (Å²) in [5.74, 6) is 6.08. The summed E-state index contributed by atoms with van der Waals surface area (Å²) in [4.78, 5) is 0. The smallest absolute Gasteiger partial charge is 0.0351 e. The molecule has 0 radical (unpaired) electrons. The summed E-state index contributed by atoms with van der Waals surface area (Å²) in [6, 6.07) is 0. The molecule has 7 heavy (non-hydrogen) atoms. The van der Waals surface area contributed by atoms with Crippen molar-refractivity contribution in [2.45, 2.75) is 13.8 Å².